The van der Waals surface area contributed by atoms with Crippen molar-refractivity contribution in [2.75, 3.05) is 19.7 Å². The van der Waals surface area contributed by atoms with Crippen molar-refractivity contribution in [1.29, 1.82) is 0 Å². The van der Waals surface area contributed by atoms with Crippen LogP contribution in [0.5, 0.6) is 0 Å². The number of rotatable bonds is 14. The first-order valence-electron chi connectivity index (χ1n) is 14.4. The van der Waals surface area contributed by atoms with Gasteiger partial charge in [-0.25, -0.2) is 4.98 Å². The lowest BCUT2D eigenvalue weighted by molar-refractivity contribution is -0.142. The maximum absolute atomic E-state index is 13.6. The lowest BCUT2D eigenvalue weighted by atomic mass is 10.0. The average Bonchev–Trinajstić information content (AvgIpc) is 3.54. The topological polar surface area (TPSA) is 144 Å². The zero-order valence-corrected chi connectivity index (χ0v) is 25.5. The number of aliphatic hydroxyl groups excluding tert-OH is 2. The standard InChI is InChI=1S/C30H45N5O5S/c1-18(2)27(34-26(38)8-6-7-13-31-19(3)4)30(40)35-15-23(37)14-25(35)29(39)33-24(16-36)21-9-11-22(12-10-21)28-20(5)32-17-41-28/h9-12,17-19,23-25,27,31,36-37H,6-8,13-16H2,1-5H3,(H,33,39)(H,34,38)/t23-,24+,25+,27+/m1/s1. The Bertz CT molecular complexity index is 1150. The number of hydrogen-bond acceptors (Lipinski definition) is 8. The van der Waals surface area contributed by atoms with Crippen LogP contribution in [0.1, 0.15) is 70.7 Å². The van der Waals surface area contributed by atoms with Gasteiger partial charge < -0.3 is 31.1 Å². The number of nitrogens with zero attached hydrogens (tertiary/aromatic N) is 2. The highest BCUT2D eigenvalue weighted by Gasteiger charge is 2.42. The Kier molecular flexibility index (Phi) is 12.3. The highest BCUT2D eigenvalue weighted by Crippen LogP contribution is 2.28. The molecule has 0 bridgehead atoms. The maximum atomic E-state index is 13.6. The van der Waals surface area contributed by atoms with E-state index < -0.39 is 36.0 Å². The molecule has 0 saturated carbocycles. The molecular weight excluding hydrogens is 542 g/mol. The van der Waals surface area contributed by atoms with E-state index in [0.717, 1.165) is 34.7 Å². The van der Waals surface area contributed by atoms with Gasteiger partial charge in [-0.1, -0.05) is 52.0 Å². The second-order valence-corrected chi connectivity index (χ2v) is 12.2. The summed E-state index contributed by atoms with van der Waals surface area (Å²) in [4.78, 5) is 46.3. The Labute approximate surface area is 246 Å². The van der Waals surface area contributed by atoms with Crippen molar-refractivity contribution in [3.05, 3.63) is 41.0 Å². The number of hydrogen-bond donors (Lipinski definition) is 5. The second-order valence-electron chi connectivity index (χ2n) is 11.4. The number of thiazole rings is 1. The van der Waals surface area contributed by atoms with Crippen LogP contribution in [0.25, 0.3) is 10.4 Å². The van der Waals surface area contributed by atoms with Crippen molar-refractivity contribution in [3.63, 3.8) is 0 Å². The predicted octanol–water partition coefficient (Wildman–Crippen LogP) is 2.54. The number of unbranched alkanes of at least 4 members (excludes halogenated alkanes) is 1. The van der Waals surface area contributed by atoms with Gasteiger partial charge in [0.25, 0.3) is 0 Å². The Hall–Kier alpha value is -2.86. The van der Waals surface area contributed by atoms with Crippen LogP contribution >= 0.6 is 11.3 Å². The normalized spacial score (nSPS) is 18.5. The smallest absolute Gasteiger partial charge is 0.246 e. The van der Waals surface area contributed by atoms with Crippen molar-refractivity contribution < 1.29 is 24.6 Å². The highest BCUT2D eigenvalue weighted by molar-refractivity contribution is 7.13. The average molecular weight is 588 g/mol. The largest absolute Gasteiger partial charge is 0.394 e. The number of carbonyl (C=O) groups excluding carboxylic acids is 3. The molecule has 4 atom stereocenters. The molecule has 1 aromatic carbocycles. The fraction of sp³-hybridized carbons (Fsp3) is 0.600. The summed E-state index contributed by atoms with van der Waals surface area (Å²) in [5.41, 5.74) is 4.45. The number of benzene rings is 1. The van der Waals surface area contributed by atoms with E-state index in [1.807, 2.05) is 45.0 Å². The van der Waals surface area contributed by atoms with Gasteiger partial charge in [-0.2, -0.15) is 0 Å². The highest BCUT2D eigenvalue weighted by atomic mass is 32.1. The molecule has 2 aromatic rings. The van der Waals surface area contributed by atoms with Crippen molar-refractivity contribution in [1.82, 2.24) is 25.8 Å². The van der Waals surface area contributed by atoms with Crippen LogP contribution < -0.4 is 16.0 Å². The molecule has 0 radical (unpaired) electrons. The molecule has 0 spiro atoms. The van der Waals surface area contributed by atoms with Crippen LogP contribution in [-0.4, -0.2) is 81.7 Å². The van der Waals surface area contributed by atoms with Crippen LogP contribution in [0.4, 0.5) is 0 Å². The van der Waals surface area contributed by atoms with Crippen molar-refractivity contribution in [2.45, 2.75) is 90.6 Å². The van der Waals surface area contributed by atoms with Gasteiger partial charge in [-0.3, -0.25) is 14.4 Å². The lowest BCUT2D eigenvalue weighted by Crippen LogP contribution is -2.55. The number of aryl methyl sites for hydroxylation is 1. The van der Waals surface area contributed by atoms with Crippen LogP contribution in [-0.2, 0) is 14.4 Å². The minimum atomic E-state index is -0.911. The van der Waals surface area contributed by atoms with E-state index in [2.05, 4.69) is 34.8 Å². The molecule has 3 rings (SSSR count). The summed E-state index contributed by atoms with van der Waals surface area (Å²) in [6, 6.07) is 5.54. The third-order valence-corrected chi connectivity index (χ3v) is 8.29. The molecule has 10 nitrogen and oxygen atoms in total. The van der Waals surface area contributed by atoms with Crippen LogP contribution in [0.3, 0.4) is 0 Å². The van der Waals surface area contributed by atoms with Gasteiger partial charge in [0.05, 0.1) is 34.8 Å². The van der Waals surface area contributed by atoms with E-state index in [9.17, 15) is 24.6 Å². The first-order chi connectivity index (χ1) is 19.5. The summed E-state index contributed by atoms with van der Waals surface area (Å²) >= 11 is 1.55. The van der Waals surface area contributed by atoms with Crippen LogP contribution in [0.15, 0.2) is 29.8 Å². The first-order valence-corrected chi connectivity index (χ1v) is 15.3. The zero-order valence-electron chi connectivity index (χ0n) is 24.7. The molecule has 1 saturated heterocycles. The number of aliphatic hydroxyl groups is 2. The zero-order chi connectivity index (χ0) is 30.1. The molecule has 1 aliphatic rings. The summed E-state index contributed by atoms with van der Waals surface area (Å²) in [7, 11) is 0. The van der Waals surface area contributed by atoms with Crippen molar-refractivity contribution >= 4 is 29.1 Å². The Morgan fingerprint density at radius 2 is 1.80 bits per heavy atom. The van der Waals surface area contributed by atoms with Gasteiger partial charge in [0.15, 0.2) is 0 Å². The minimum Gasteiger partial charge on any atom is -0.394 e. The summed E-state index contributed by atoms with van der Waals surface area (Å²) in [6.45, 7) is 10.3. The van der Waals surface area contributed by atoms with Gasteiger partial charge in [-0.05, 0) is 43.4 Å². The van der Waals surface area contributed by atoms with E-state index in [0.29, 0.717) is 18.9 Å². The van der Waals surface area contributed by atoms with Crippen molar-refractivity contribution in [2.24, 2.45) is 5.92 Å². The molecule has 1 fully saturated rings. The summed E-state index contributed by atoms with van der Waals surface area (Å²) < 4.78 is 0. The number of amides is 3. The quantitative estimate of drug-likeness (QED) is 0.214. The van der Waals surface area contributed by atoms with E-state index >= 15 is 0 Å². The van der Waals surface area contributed by atoms with Crippen LogP contribution in [0, 0.1) is 12.8 Å². The molecule has 41 heavy (non-hydrogen) atoms. The summed E-state index contributed by atoms with van der Waals surface area (Å²) in [5, 5.41) is 29.5. The number of carbonyl (C=O) groups is 3. The summed E-state index contributed by atoms with van der Waals surface area (Å²) in [6.07, 6.45) is 1.09. The number of nitrogens with one attached hydrogen (secondary N) is 3. The molecule has 1 aliphatic heterocycles. The molecule has 1 aromatic heterocycles. The number of β-amino-alcohol motifs (C(OH)–C–C–N with tert-alkyl or cyclic N) is 1. The maximum Gasteiger partial charge on any atom is 0.246 e. The molecule has 0 unspecified atom stereocenters. The van der Waals surface area contributed by atoms with Gasteiger partial charge >= 0.3 is 0 Å². The van der Waals surface area contributed by atoms with Gasteiger partial charge in [0.1, 0.15) is 12.1 Å². The molecule has 3 amide bonds. The van der Waals surface area contributed by atoms with Gasteiger partial charge in [-0.15, -0.1) is 11.3 Å². The third-order valence-electron chi connectivity index (χ3n) is 7.32. The number of aromatic nitrogens is 1. The molecule has 5 N–H and O–H groups in total. The van der Waals surface area contributed by atoms with E-state index in [1.165, 1.54) is 4.90 Å². The monoisotopic (exact) mass is 587 g/mol. The summed E-state index contributed by atoms with van der Waals surface area (Å²) in [5.74, 6) is -1.26. The fourth-order valence-corrected chi connectivity index (χ4v) is 5.80. The third kappa shape index (κ3) is 9.06. The van der Waals surface area contributed by atoms with Crippen LogP contribution in [0.2, 0.25) is 0 Å². The minimum absolute atomic E-state index is 0.00354. The molecule has 0 aliphatic carbocycles. The Balaban J connectivity index is 1.64. The number of likely N-dealkylation sites (tertiary alicyclic amines) is 1. The molecule has 226 valence electrons. The Morgan fingerprint density at radius 3 is 2.39 bits per heavy atom. The molecule has 2 heterocycles. The first kappa shape index (κ1) is 32.7. The Morgan fingerprint density at radius 1 is 1.10 bits per heavy atom. The van der Waals surface area contributed by atoms with Crippen molar-refractivity contribution in [3.8, 4) is 10.4 Å². The fourth-order valence-electron chi connectivity index (χ4n) is 4.99. The SMILES string of the molecule is Cc1ncsc1-c1ccc([C@H](CO)NC(=O)[C@@H]2C[C@@H](O)CN2C(=O)[C@@H](NC(=O)CCCCNC(C)C)C(C)C)cc1. The van der Waals surface area contributed by atoms with E-state index in [-0.39, 0.29) is 31.4 Å². The molecular formula is C30H45N5O5S. The van der Waals surface area contributed by atoms with Gasteiger partial charge in [0, 0.05) is 25.4 Å². The van der Waals surface area contributed by atoms with E-state index in [4.69, 9.17) is 0 Å². The van der Waals surface area contributed by atoms with Gasteiger partial charge in [0.2, 0.25) is 17.7 Å². The predicted molar refractivity (Wildman–Crippen MR) is 160 cm³/mol. The van der Waals surface area contributed by atoms with E-state index in [1.54, 1.807) is 16.8 Å². The second kappa shape index (κ2) is 15.4. The lowest BCUT2D eigenvalue weighted by Gasteiger charge is -2.31. The molecule has 11 heteroatoms.